The zero-order valence-electron chi connectivity index (χ0n) is 25.1. The maximum absolute atomic E-state index is 16.2. The van der Waals surface area contributed by atoms with Gasteiger partial charge in [0, 0.05) is 36.6 Å². The Balaban J connectivity index is 1.55. The van der Waals surface area contributed by atoms with Gasteiger partial charge in [0.15, 0.2) is 0 Å². The van der Waals surface area contributed by atoms with Crippen molar-refractivity contribution >= 4 is 17.3 Å². The lowest BCUT2D eigenvalue weighted by Crippen LogP contribution is -2.43. The number of amides is 1. The van der Waals surface area contributed by atoms with Crippen LogP contribution in [0.4, 0.5) is 24.5 Å². The number of tetrazole rings is 1. The molecule has 1 aliphatic rings. The maximum Gasteiger partial charge on any atom is 0.248 e. The predicted octanol–water partition coefficient (Wildman–Crippen LogP) is 7.29. The van der Waals surface area contributed by atoms with Gasteiger partial charge in [-0.15, -0.1) is 10.2 Å². The van der Waals surface area contributed by atoms with Gasteiger partial charge in [-0.1, -0.05) is 50.2 Å². The number of hydrogen-bond donors (Lipinski definition) is 2. The molecular weight excluding hydrogens is 569 g/mol. The Morgan fingerprint density at radius 2 is 1.77 bits per heavy atom. The number of alkyl halides is 2. The molecule has 8 nitrogen and oxygen atoms in total. The number of aromatic amines is 1. The van der Waals surface area contributed by atoms with Crippen molar-refractivity contribution < 1.29 is 22.7 Å². The summed E-state index contributed by atoms with van der Waals surface area (Å²) < 4.78 is 49.9. The van der Waals surface area contributed by atoms with Gasteiger partial charge in [0.1, 0.15) is 11.6 Å². The van der Waals surface area contributed by atoms with Crippen LogP contribution in [-0.4, -0.2) is 51.6 Å². The molecule has 0 atom stereocenters. The molecule has 44 heavy (non-hydrogen) atoms. The minimum atomic E-state index is -2.71. The van der Waals surface area contributed by atoms with Crippen LogP contribution in [0.15, 0.2) is 60.7 Å². The van der Waals surface area contributed by atoms with Crippen molar-refractivity contribution in [3.8, 4) is 28.3 Å². The van der Waals surface area contributed by atoms with Gasteiger partial charge in [-0.3, -0.25) is 4.79 Å². The van der Waals surface area contributed by atoms with Crippen molar-refractivity contribution in [2.24, 2.45) is 5.92 Å². The normalized spacial score (nSPS) is 14.9. The number of anilines is 2. The molecule has 1 aromatic heterocycles. The number of rotatable bonds is 11. The average Bonchev–Trinajstić information content (AvgIpc) is 3.53. The fourth-order valence-corrected chi connectivity index (χ4v) is 5.72. The molecule has 0 spiro atoms. The molecule has 4 aromatic rings. The SMILES string of the molecule is CCOc1ccc(CC(=O)Nc2cc(-c3ccccc3-c3nn[nH]n3)c(F)cc2N(CC(C)C)C2CCC(F)(F)CC2)cc1. The van der Waals surface area contributed by atoms with E-state index in [0.717, 1.165) is 5.56 Å². The average molecular weight is 607 g/mol. The van der Waals surface area contributed by atoms with Gasteiger partial charge in [-0.2, -0.15) is 5.21 Å². The lowest BCUT2D eigenvalue weighted by atomic mass is 9.89. The number of aromatic nitrogens is 4. The number of carbonyl (C=O) groups excluding carboxylic acids is 1. The first kappa shape index (κ1) is 31.0. The van der Waals surface area contributed by atoms with Crippen LogP contribution in [0.3, 0.4) is 0 Å². The summed E-state index contributed by atoms with van der Waals surface area (Å²) in [6, 6.07) is 17.2. The first-order valence-electron chi connectivity index (χ1n) is 15.0. The van der Waals surface area contributed by atoms with E-state index in [0.29, 0.717) is 47.2 Å². The monoisotopic (exact) mass is 606 g/mol. The molecule has 0 bridgehead atoms. The minimum absolute atomic E-state index is 0.0812. The molecule has 0 saturated heterocycles. The van der Waals surface area contributed by atoms with Crippen LogP contribution in [0.5, 0.6) is 5.75 Å². The molecule has 11 heteroatoms. The highest BCUT2D eigenvalue weighted by atomic mass is 19.3. The number of nitrogens with zero attached hydrogens (tertiary/aromatic N) is 4. The second-order valence-corrected chi connectivity index (χ2v) is 11.6. The third-order valence-electron chi connectivity index (χ3n) is 7.76. The Kier molecular flexibility index (Phi) is 9.51. The highest BCUT2D eigenvalue weighted by Gasteiger charge is 2.38. The van der Waals surface area contributed by atoms with Gasteiger partial charge in [0.2, 0.25) is 17.7 Å². The highest BCUT2D eigenvalue weighted by Crippen LogP contribution is 2.42. The molecular formula is C33H37F3N6O2. The quantitative estimate of drug-likeness (QED) is 0.186. The van der Waals surface area contributed by atoms with Crippen molar-refractivity contribution in [3.05, 3.63) is 72.0 Å². The standard InChI is InChI=1S/C33H37F3N6O2/c1-4-44-24-11-9-22(10-12-24)17-31(43)37-29-18-27(25-7-5-6-8-26(25)32-38-40-41-39-32)28(34)19-30(29)42(20-21(2)3)23-13-15-33(35,36)16-14-23/h5-12,18-19,21,23H,4,13-17,20H2,1-3H3,(H,37,43)(H,38,39,40,41). The van der Waals surface area contributed by atoms with E-state index in [-0.39, 0.29) is 55.5 Å². The number of halogens is 3. The maximum atomic E-state index is 16.2. The Morgan fingerprint density at radius 1 is 1.07 bits per heavy atom. The van der Waals surface area contributed by atoms with Crippen LogP contribution in [0.2, 0.25) is 0 Å². The van der Waals surface area contributed by atoms with Crippen molar-refractivity contribution in [1.82, 2.24) is 20.6 Å². The minimum Gasteiger partial charge on any atom is -0.494 e. The second-order valence-electron chi connectivity index (χ2n) is 11.6. The second kappa shape index (κ2) is 13.5. The third-order valence-corrected chi connectivity index (χ3v) is 7.76. The summed E-state index contributed by atoms with van der Waals surface area (Å²) in [5.74, 6) is -2.34. The van der Waals surface area contributed by atoms with Gasteiger partial charge in [-0.25, -0.2) is 13.2 Å². The summed E-state index contributed by atoms with van der Waals surface area (Å²) in [5.41, 5.74) is 2.97. The van der Waals surface area contributed by atoms with Crippen LogP contribution in [0.1, 0.15) is 52.0 Å². The number of ether oxygens (including phenoxy) is 1. The molecule has 1 heterocycles. The van der Waals surface area contributed by atoms with E-state index in [4.69, 9.17) is 4.74 Å². The first-order valence-corrected chi connectivity index (χ1v) is 15.0. The summed E-state index contributed by atoms with van der Waals surface area (Å²) >= 11 is 0. The van der Waals surface area contributed by atoms with Crippen molar-refractivity contribution in [3.63, 3.8) is 0 Å². The Labute approximate surface area is 255 Å². The van der Waals surface area contributed by atoms with Crippen LogP contribution in [0, 0.1) is 11.7 Å². The zero-order chi connectivity index (χ0) is 31.3. The van der Waals surface area contributed by atoms with Crippen LogP contribution in [-0.2, 0) is 11.2 Å². The largest absolute Gasteiger partial charge is 0.494 e. The number of nitrogens with one attached hydrogen (secondary N) is 2. The lowest BCUT2D eigenvalue weighted by Gasteiger charge is -2.40. The fraction of sp³-hybridized carbons (Fsp3) is 0.394. The summed E-state index contributed by atoms with van der Waals surface area (Å²) in [7, 11) is 0. The molecule has 5 rings (SSSR count). The molecule has 1 saturated carbocycles. The number of carbonyl (C=O) groups is 1. The van der Waals surface area contributed by atoms with Gasteiger partial charge in [-0.05, 0) is 66.3 Å². The Bertz CT molecular complexity index is 1550. The first-order chi connectivity index (χ1) is 21.1. The van der Waals surface area contributed by atoms with Crippen LogP contribution < -0.4 is 15.0 Å². The van der Waals surface area contributed by atoms with E-state index >= 15 is 4.39 Å². The van der Waals surface area contributed by atoms with Gasteiger partial charge < -0.3 is 15.0 Å². The number of H-pyrrole nitrogens is 1. The molecule has 0 unspecified atom stereocenters. The van der Waals surface area contributed by atoms with Gasteiger partial charge >= 0.3 is 0 Å². The van der Waals surface area contributed by atoms with Gasteiger partial charge in [0.25, 0.3) is 0 Å². The lowest BCUT2D eigenvalue weighted by molar-refractivity contribution is -0.115. The number of hydrogen-bond acceptors (Lipinski definition) is 6. The van der Waals surface area contributed by atoms with E-state index < -0.39 is 11.7 Å². The molecule has 1 fully saturated rings. The van der Waals surface area contributed by atoms with Crippen LogP contribution in [0.25, 0.3) is 22.5 Å². The van der Waals surface area contributed by atoms with Gasteiger partial charge in [0.05, 0.1) is 24.4 Å². The number of benzene rings is 3. The molecule has 1 aliphatic carbocycles. The molecule has 0 radical (unpaired) electrons. The summed E-state index contributed by atoms with van der Waals surface area (Å²) in [4.78, 5) is 15.4. The van der Waals surface area contributed by atoms with Crippen LogP contribution >= 0.6 is 0 Å². The van der Waals surface area contributed by atoms with E-state index in [1.165, 1.54) is 6.07 Å². The summed E-state index contributed by atoms with van der Waals surface area (Å²) in [6.45, 7) is 7.01. The topological polar surface area (TPSA) is 96.0 Å². The Morgan fingerprint density at radius 3 is 2.41 bits per heavy atom. The van der Waals surface area contributed by atoms with E-state index in [1.807, 2.05) is 49.9 Å². The molecule has 1 amide bonds. The third kappa shape index (κ3) is 7.38. The van der Waals surface area contributed by atoms with E-state index in [1.54, 1.807) is 30.3 Å². The van der Waals surface area contributed by atoms with E-state index in [9.17, 15) is 13.6 Å². The molecule has 3 aromatic carbocycles. The highest BCUT2D eigenvalue weighted by molar-refractivity contribution is 5.97. The van der Waals surface area contributed by atoms with E-state index in [2.05, 4.69) is 25.9 Å². The fourth-order valence-electron chi connectivity index (χ4n) is 5.72. The zero-order valence-corrected chi connectivity index (χ0v) is 25.1. The summed E-state index contributed by atoms with van der Waals surface area (Å²) in [6.07, 6.45) is 0.152. The van der Waals surface area contributed by atoms with Crippen molar-refractivity contribution in [2.75, 3.05) is 23.4 Å². The predicted molar refractivity (Wildman–Crippen MR) is 164 cm³/mol. The Hall–Kier alpha value is -4.41. The van der Waals surface area contributed by atoms with Crippen molar-refractivity contribution in [1.29, 1.82) is 0 Å². The molecule has 232 valence electrons. The summed E-state index contributed by atoms with van der Waals surface area (Å²) in [5, 5.41) is 17.2. The smallest absolute Gasteiger partial charge is 0.248 e. The molecule has 2 N–H and O–H groups in total. The van der Waals surface area contributed by atoms with Crippen molar-refractivity contribution in [2.45, 2.75) is 64.8 Å². The molecule has 0 aliphatic heterocycles.